The number of carbonyl (C=O) groups is 2. The highest BCUT2D eigenvalue weighted by atomic mass is 19.1. The number of carbonyl (C=O) groups excluding carboxylic acids is 2. The van der Waals surface area contributed by atoms with Crippen LogP contribution in [-0.2, 0) is 16.1 Å². The normalized spacial score (nSPS) is 11.8. The number of halogens is 2. The van der Waals surface area contributed by atoms with E-state index in [1.54, 1.807) is 12.1 Å². The van der Waals surface area contributed by atoms with Crippen LogP contribution in [0.15, 0.2) is 41.0 Å². The highest BCUT2D eigenvalue weighted by Gasteiger charge is 2.19. The fourth-order valence-electron chi connectivity index (χ4n) is 1.68. The first-order valence-corrected chi connectivity index (χ1v) is 6.43. The molecule has 1 atom stereocenters. The third-order valence-corrected chi connectivity index (χ3v) is 2.77. The van der Waals surface area contributed by atoms with E-state index in [9.17, 15) is 18.4 Å². The van der Waals surface area contributed by atoms with Crippen molar-refractivity contribution >= 4 is 11.9 Å². The highest BCUT2D eigenvalue weighted by Crippen LogP contribution is 2.10. The zero-order valence-electron chi connectivity index (χ0n) is 11.6. The van der Waals surface area contributed by atoms with E-state index in [0.717, 1.165) is 12.1 Å². The number of amides is 1. The lowest BCUT2D eigenvalue weighted by atomic mass is 10.2. The number of rotatable bonds is 5. The monoisotopic (exact) mass is 309 g/mol. The van der Waals surface area contributed by atoms with E-state index in [4.69, 9.17) is 9.15 Å². The molecule has 7 heteroatoms. The molecule has 1 aromatic carbocycles. The van der Waals surface area contributed by atoms with Crippen molar-refractivity contribution < 1.29 is 27.5 Å². The van der Waals surface area contributed by atoms with Crippen LogP contribution in [0.2, 0.25) is 0 Å². The van der Waals surface area contributed by atoms with Crippen LogP contribution in [0.1, 0.15) is 23.0 Å². The summed E-state index contributed by atoms with van der Waals surface area (Å²) >= 11 is 0. The Kier molecular flexibility index (Phi) is 4.88. The maximum absolute atomic E-state index is 13.0. The summed E-state index contributed by atoms with van der Waals surface area (Å²) < 4.78 is 35.9. The van der Waals surface area contributed by atoms with Gasteiger partial charge in [0.2, 0.25) is 0 Å². The molecule has 1 N–H and O–H groups in total. The third-order valence-electron chi connectivity index (χ3n) is 2.77. The van der Waals surface area contributed by atoms with Crippen molar-refractivity contribution in [2.24, 2.45) is 0 Å². The number of esters is 1. The van der Waals surface area contributed by atoms with Crippen molar-refractivity contribution in [1.82, 2.24) is 5.32 Å². The number of ether oxygens (including phenoxy) is 1. The maximum atomic E-state index is 13.0. The predicted molar refractivity (Wildman–Crippen MR) is 71.8 cm³/mol. The van der Waals surface area contributed by atoms with E-state index in [1.165, 1.54) is 13.2 Å². The summed E-state index contributed by atoms with van der Waals surface area (Å²) in [5.41, 5.74) is -0.303. The van der Waals surface area contributed by atoms with Gasteiger partial charge in [0, 0.05) is 6.07 Å². The first-order valence-electron chi connectivity index (χ1n) is 6.43. The van der Waals surface area contributed by atoms with Gasteiger partial charge in [0.05, 0.1) is 18.4 Å². The van der Waals surface area contributed by atoms with Gasteiger partial charge < -0.3 is 14.5 Å². The van der Waals surface area contributed by atoms with E-state index in [-0.39, 0.29) is 12.1 Å². The lowest BCUT2D eigenvalue weighted by Crippen LogP contribution is -2.35. The number of furan rings is 1. The Labute approximate surface area is 124 Å². The topological polar surface area (TPSA) is 68.5 Å². The maximum Gasteiger partial charge on any atom is 0.339 e. The minimum absolute atomic E-state index is 0.141. The van der Waals surface area contributed by atoms with Gasteiger partial charge in [0.15, 0.2) is 6.10 Å². The molecular weight excluding hydrogens is 296 g/mol. The number of hydrogen-bond acceptors (Lipinski definition) is 4. The lowest BCUT2D eigenvalue weighted by Gasteiger charge is -2.13. The second-order valence-electron chi connectivity index (χ2n) is 4.50. The summed E-state index contributed by atoms with van der Waals surface area (Å²) in [4.78, 5) is 23.5. The Morgan fingerprint density at radius 3 is 2.55 bits per heavy atom. The number of benzene rings is 1. The molecule has 1 heterocycles. The SMILES string of the molecule is CC(OC(=O)c1cc(F)cc(F)c1)C(=O)NCc1ccco1. The summed E-state index contributed by atoms with van der Waals surface area (Å²) in [6, 6.07) is 5.64. The first-order chi connectivity index (χ1) is 10.5. The predicted octanol–water partition coefficient (Wildman–Crippen LogP) is 2.42. The second-order valence-corrected chi connectivity index (χ2v) is 4.50. The van der Waals surface area contributed by atoms with Crippen molar-refractivity contribution in [3.05, 3.63) is 59.6 Å². The van der Waals surface area contributed by atoms with Gasteiger partial charge in [-0.3, -0.25) is 4.79 Å². The molecule has 0 spiro atoms. The first kappa shape index (κ1) is 15.7. The summed E-state index contributed by atoms with van der Waals surface area (Å²) in [5, 5.41) is 2.51. The van der Waals surface area contributed by atoms with Crippen LogP contribution in [0.4, 0.5) is 8.78 Å². The molecule has 2 aromatic rings. The molecule has 0 aliphatic rings. The van der Waals surface area contributed by atoms with Gasteiger partial charge in [-0.2, -0.15) is 0 Å². The van der Waals surface area contributed by atoms with Gasteiger partial charge >= 0.3 is 5.97 Å². The van der Waals surface area contributed by atoms with Gasteiger partial charge in [-0.25, -0.2) is 13.6 Å². The van der Waals surface area contributed by atoms with Crippen molar-refractivity contribution in [3.8, 4) is 0 Å². The molecule has 0 aliphatic heterocycles. The van der Waals surface area contributed by atoms with Crippen molar-refractivity contribution in [2.75, 3.05) is 0 Å². The van der Waals surface area contributed by atoms with E-state index in [2.05, 4.69) is 5.32 Å². The van der Waals surface area contributed by atoms with Crippen molar-refractivity contribution in [3.63, 3.8) is 0 Å². The fourth-order valence-corrected chi connectivity index (χ4v) is 1.68. The molecule has 2 rings (SSSR count). The molecule has 1 unspecified atom stereocenters. The third kappa shape index (κ3) is 4.15. The van der Waals surface area contributed by atoms with E-state index in [0.29, 0.717) is 11.8 Å². The zero-order chi connectivity index (χ0) is 16.1. The smallest absolute Gasteiger partial charge is 0.339 e. The Hall–Kier alpha value is -2.70. The molecule has 0 saturated heterocycles. The van der Waals surface area contributed by atoms with Crippen LogP contribution >= 0.6 is 0 Å². The molecule has 1 amide bonds. The fraction of sp³-hybridized carbons (Fsp3) is 0.200. The molecule has 1 aromatic heterocycles. The summed E-state index contributed by atoms with van der Waals surface area (Å²) in [7, 11) is 0. The minimum Gasteiger partial charge on any atom is -0.467 e. The average Bonchev–Trinajstić information content (AvgIpc) is 2.96. The van der Waals surface area contributed by atoms with Crippen molar-refractivity contribution in [2.45, 2.75) is 19.6 Å². The van der Waals surface area contributed by atoms with Crippen molar-refractivity contribution in [1.29, 1.82) is 0 Å². The van der Waals surface area contributed by atoms with Crippen LogP contribution < -0.4 is 5.32 Å². The Morgan fingerprint density at radius 2 is 1.95 bits per heavy atom. The summed E-state index contributed by atoms with van der Waals surface area (Å²) in [6.07, 6.45) is 0.345. The van der Waals surface area contributed by atoms with Crippen LogP contribution in [-0.4, -0.2) is 18.0 Å². The molecule has 0 bridgehead atoms. The Balaban J connectivity index is 1.91. The van der Waals surface area contributed by atoms with Gasteiger partial charge in [-0.05, 0) is 31.2 Å². The number of hydrogen-bond donors (Lipinski definition) is 1. The quantitative estimate of drug-likeness (QED) is 0.861. The van der Waals surface area contributed by atoms with E-state index >= 15 is 0 Å². The molecule has 5 nitrogen and oxygen atoms in total. The molecule has 0 fully saturated rings. The molecular formula is C15H13F2NO4. The van der Waals surface area contributed by atoms with Crippen LogP contribution in [0.3, 0.4) is 0 Å². The standard InChI is InChI=1S/C15H13F2NO4/c1-9(14(19)18-8-13-3-2-4-21-13)22-15(20)10-5-11(16)7-12(17)6-10/h2-7,9H,8H2,1H3,(H,18,19). The van der Waals surface area contributed by atoms with Gasteiger partial charge in [-0.1, -0.05) is 0 Å². The largest absolute Gasteiger partial charge is 0.467 e. The second kappa shape index (κ2) is 6.84. The van der Waals surface area contributed by atoms with E-state index < -0.39 is 29.6 Å². The van der Waals surface area contributed by atoms with Gasteiger partial charge in [0.25, 0.3) is 5.91 Å². The summed E-state index contributed by atoms with van der Waals surface area (Å²) in [5.74, 6) is -2.80. The molecule has 0 saturated carbocycles. The van der Waals surface area contributed by atoms with E-state index in [1.807, 2.05) is 0 Å². The average molecular weight is 309 g/mol. The van der Waals surface area contributed by atoms with Crippen LogP contribution in [0.5, 0.6) is 0 Å². The lowest BCUT2D eigenvalue weighted by molar-refractivity contribution is -0.129. The highest BCUT2D eigenvalue weighted by molar-refractivity contribution is 5.92. The molecule has 0 radical (unpaired) electrons. The molecule has 0 aliphatic carbocycles. The summed E-state index contributed by atoms with van der Waals surface area (Å²) in [6.45, 7) is 1.49. The van der Waals surface area contributed by atoms with Gasteiger partial charge in [0.1, 0.15) is 17.4 Å². The number of nitrogens with one attached hydrogen (secondary N) is 1. The Morgan fingerprint density at radius 1 is 1.27 bits per heavy atom. The molecule has 22 heavy (non-hydrogen) atoms. The zero-order valence-corrected chi connectivity index (χ0v) is 11.6. The van der Waals surface area contributed by atoms with Crippen LogP contribution in [0.25, 0.3) is 0 Å². The Bertz CT molecular complexity index is 650. The van der Waals surface area contributed by atoms with Gasteiger partial charge in [-0.15, -0.1) is 0 Å². The minimum atomic E-state index is -1.12. The molecule has 116 valence electrons. The van der Waals surface area contributed by atoms with Crippen LogP contribution in [0, 0.1) is 11.6 Å².